The van der Waals surface area contributed by atoms with Crippen LogP contribution >= 0.6 is 0 Å². The van der Waals surface area contributed by atoms with Crippen LogP contribution in [0.25, 0.3) is 22.0 Å². The summed E-state index contributed by atoms with van der Waals surface area (Å²) in [5, 5.41) is 4.32. The average Bonchev–Trinajstić information content (AvgIpc) is 2.84. The summed E-state index contributed by atoms with van der Waals surface area (Å²) in [7, 11) is -3.76. The van der Waals surface area contributed by atoms with Crippen LogP contribution in [-0.4, -0.2) is 13.4 Å². The van der Waals surface area contributed by atoms with Gasteiger partial charge in [0.25, 0.3) is 0 Å². The van der Waals surface area contributed by atoms with Crippen LogP contribution in [0.4, 0.5) is 4.11 Å². The molecule has 0 aliphatic carbocycles. The Morgan fingerprint density at radius 2 is 1.17 bits per heavy atom. The van der Waals surface area contributed by atoms with Crippen LogP contribution in [-0.2, 0) is 0 Å². The fourth-order valence-corrected chi connectivity index (χ4v) is 7.34. The summed E-state index contributed by atoms with van der Waals surface area (Å²) >= 11 is 0. The molecule has 0 bridgehead atoms. The molecule has 3 heteroatoms. The summed E-state index contributed by atoms with van der Waals surface area (Å²) in [6.07, 6.45) is 1.77. The summed E-state index contributed by atoms with van der Waals surface area (Å²) < 4.78 is 17.6. The topological polar surface area (TPSA) is 12.9 Å². The fourth-order valence-electron chi connectivity index (χ4n) is 4.16. The summed E-state index contributed by atoms with van der Waals surface area (Å²) in [5.74, 6) is 0. The van der Waals surface area contributed by atoms with Gasteiger partial charge in [-0.3, -0.25) is 9.09 Å². The molecule has 1 heterocycles. The number of aromatic nitrogens is 1. The second-order valence-electron chi connectivity index (χ2n) is 7.31. The molecule has 144 valence electrons. The molecule has 0 saturated heterocycles. The van der Waals surface area contributed by atoms with Gasteiger partial charge >= 0.3 is 8.41 Å². The highest BCUT2D eigenvalue weighted by Gasteiger charge is 2.43. The quantitative estimate of drug-likeness (QED) is 0.237. The molecule has 0 N–H and O–H groups in total. The van der Waals surface area contributed by atoms with Gasteiger partial charge in [0, 0.05) is 11.8 Å². The number of hydrogen-bond acceptors (Lipinski definition) is 1. The molecule has 0 aliphatic rings. The second-order valence-corrected chi connectivity index (χ2v) is 10.3. The molecular weight excluding hydrogens is 385 g/mol. The van der Waals surface area contributed by atoms with Crippen molar-refractivity contribution in [1.29, 1.82) is 0 Å². The predicted octanol–water partition coefficient (Wildman–Crippen LogP) is 4.84. The summed E-state index contributed by atoms with van der Waals surface area (Å²) in [5.41, 5.74) is 1.68. The van der Waals surface area contributed by atoms with Crippen molar-refractivity contribution >= 4 is 34.7 Å². The number of hydrogen-bond donors (Lipinski definition) is 0. The van der Waals surface area contributed by atoms with Gasteiger partial charge in [-0.2, -0.15) is 0 Å². The highest BCUT2D eigenvalue weighted by atomic mass is 28.4. The second kappa shape index (κ2) is 7.69. The third-order valence-corrected chi connectivity index (χ3v) is 8.98. The monoisotopic (exact) mass is 405 g/mol. The van der Waals surface area contributed by atoms with E-state index < -0.39 is 8.41 Å². The van der Waals surface area contributed by atoms with Crippen molar-refractivity contribution in [3.63, 3.8) is 0 Å². The third-order valence-electron chi connectivity index (χ3n) is 5.56. The molecule has 0 fully saturated rings. The van der Waals surface area contributed by atoms with Crippen molar-refractivity contribution in [2.75, 3.05) is 0 Å². The smallest absolute Gasteiger partial charge is 0.296 e. The Hall–Kier alpha value is -3.56. The molecule has 1 aromatic heterocycles. The lowest BCUT2D eigenvalue weighted by molar-refractivity contribution is 0.842. The molecule has 0 radical (unpaired) electrons. The largest absolute Gasteiger partial charge is 0.340 e. The Kier molecular flexibility index (Phi) is 4.73. The van der Waals surface area contributed by atoms with Crippen LogP contribution in [0.3, 0.4) is 0 Å². The lowest BCUT2D eigenvalue weighted by Gasteiger charge is -2.27. The van der Waals surface area contributed by atoms with Gasteiger partial charge in [-0.25, -0.2) is 0 Å². The number of benzene rings is 4. The maximum Gasteiger partial charge on any atom is 0.340 e. The van der Waals surface area contributed by atoms with Crippen molar-refractivity contribution in [1.82, 2.24) is 4.98 Å². The van der Waals surface area contributed by atoms with Crippen molar-refractivity contribution in [2.24, 2.45) is 0 Å². The minimum absolute atomic E-state index is 0.734. The lowest BCUT2D eigenvalue weighted by atomic mass is 10.0. The highest BCUT2D eigenvalue weighted by molar-refractivity contribution is 7.07. The molecule has 0 aliphatic heterocycles. The Morgan fingerprint density at radius 1 is 0.567 bits per heavy atom. The summed E-state index contributed by atoms with van der Waals surface area (Å²) in [6, 6.07) is 37.2. The van der Waals surface area contributed by atoms with E-state index in [-0.39, 0.29) is 0 Å². The first-order valence-electron chi connectivity index (χ1n) is 10.0. The van der Waals surface area contributed by atoms with E-state index in [1.807, 2.05) is 103 Å². The number of rotatable bonds is 4. The van der Waals surface area contributed by atoms with Crippen molar-refractivity contribution in [3.8, 4) is 11.3 Å². The SMILES string of the molecule is F[Si](c1ccccc1)(c1ccccc1)c1ccc2ccccc2c1-c1ccccn1. The Labute approximate surface area is 176 Å². The van der Waals surface area contributed by atoms with Gasteiger partial charge in [-0.1, -0.05) is 103 Å². The van der Waals surface area contributed by atoms with Gasteiger partial charge in [-0.05, 0) is 38.5 Å². The zero-order chi connectivity index (χ0) is 20.4. The third kappa shape index (κ3) is 3.04. The van der Waals surface area contributed by atoms with E-state index in [0.29, 0.717) is 0 Å². The number of pyridine rings is 1. The maximum absolute atomic E-state index is 17.6. The molecule has 0 amide bonds. The predicted molar refractivity (Wildman–Crippen MR) is 126 cm³/mol. The van der Waals surface area contributed by atoms with E-state index in [2.05, 4.69) is 17.1 Å². The zero-order valence-corrected chi connectivity index (χ0v) is 17.4. The van der Waals surface area contributed by atoms with E-state index in [1.165, 1.54) is 0 Å². The molecule has 0 spiro atoms. The van der Waals surface area contributed by atoms with E-state index >= 15 is 4.11 Å². The molecule has 5 rings (SSSR count). The summed E-state index contributed by atoms with van der Waals surface area (Å²) in [4.78, 5) is 4.62. The van der Waals surface area contributed by atoms with Crippen LogP contribution in [0.1, 0.15) is 0 Å². The van der Waals surface area contributed by atoms with Gasteiger partial charge in [0.2, 0.25) is 0 Å². The Bertz CT molecular complexity index is 1250. The number of fused-ring (bicyclic) bond motifs is 1. The van der Waals surface area contributed by atoms with E-state index in [0.717, 1.165) is 37.6 Å². The molecule has 4 aromatic carbocycles. The molecule has 0 saturated carbocycles. The van der Waals surface area contributed by atoms with E-state index in [4.69, 9.17) is 0 Å². The van der Waals surface area contributed by atoms with Crippen LogP contribution in [0.15, 0.2) is 121 Å². The first kappa shape index (κ1) is 18.5. The van der Waals surface area contributed by atoms with Crippen molar-refractivity contribution in [3.05, 3.63) is 121 Å². The lowest BCUT2D eigenvalue weighted by Crippen LogP contribution is -2.64. The van der Waals surface area contributed by atoms with Gasteiger partial charge < -0.3 is 0 Å². The van der Waals surface area contributed by atoms with E-state index in [9.17, 15) is 0 Å². The molecule has 0 atom stereocenters. The fraction of sp³-hybridized carbons (Fsp3) is 0. The molecular formula is C27H20FNSi. The Balaban J connectivity index is 1.91. The number of nitrogens with zero attached hydrogens (tertiary/aromatic N) is 1. The Morgan fingerprint density at radius 3 is 1.80 bits per heavy atom. The minimum atomic E-state index is -3.76. The standard InChI is InChI=1S/C27H20FNSi/c28-30(22-12-3-1-4-13-22,23-14-5-2-6-15-23)26-19-18-21-11-7-8-16-24(21)27(26)25-17-9-10-20-29-25/h1-20H. The number of halogens is 1. The van der Waals surface area contributed by atoms with Gasteiger partial charge in [0.1, 0.15) is 0 Å². The van der Waals surface area contributed by atoms with Crippen LogP contribution < -0.4 is 15.6 Å². The van der Waals surface area contributed by atoms with Crippen LogP contribution in [0, 0.1) is 0 Å². The molecule has 30 heavy (non-hydrogen) atoms. The highest BCUT2D eigenvalue weighted by Crippen LogP contribution is 2.28. The van der Waals surface area contributed by atoms with Gasteiger partial charge in [0.05, 0.1) is 5.69 Å². The molecule has 1 nitrogen and oxygen atoms in total. The first-order valence-corrected chi connectivity index (χ1v) is 11.9. The summed E-state index contributed by atoms with van der Waals surface area (Å²) in [6.45, 7) is 0. The van der Waals surface area contributed by atoms with E-state index in [1.54, 1.807) is 6.20 Å². The van der Waals surface area contributed by atoms with Crippen molar-refractivity contribution < 1.29 is 4.11 Å². The zero-order valence-electron chi connectivity index (χ0n) is 16.4. The van der Waals surface area contributed by atoms with Gasteiger partial charge in [0.15, 0.2) is 0 Å². The maximum atomic E-state index is 17.6. The first-order chi connectivity index (χ1) is 14.8. The molecule has 5 aromatic rings. The molecule has 0 unspecified atom stereocenters. The van der Waals surface area contributed by atoms with Crippen LogP contribution in [0.2, 0.25) is 0 Å². The van der Waals surface area contributed by atoms with Crippen molar-refractivity contribution in [2.45, 2.75) is 0 Å². The van der Waals surface area contributed by atoms with Crippen LogP contribution in [0.5, 0.6) is 0 Å². The normalized spacial score (nSPS) is 11.5. The van der Waals surface area contributed by atoms with Gasteiger partial charge in [-0.15, -0.1) is 0 Å². The minimum Gasteiger partial charge on any atom is -0.296 e. The average molecular weight is 406 g/mol.